The number of rotatable bonds is 6. The predicted octanol–water partition coefficient (Wildman–Crippen LogP) is 3.86. The van der Waals surface area contributed by atoms with Gasteiger partial charge in [-0.3, -0.25) is 0 Å². The molecule has 0 aliphatic rings. The van der Waals surface area contributed by atoms with E-state index in [9.17, 15) is 4.79 Å². The van der Waals surface area contributed by atoms with Crippen LogP contribution in [0.25, 0.3) is 10.8 Å². The molecule has 134 valence electrons. The lowest BCUT2D eigenvalue weighted by atomic mass is 10.1. The minimum absolute atomic E-state index is 0.501. The summed E-state index contributed by atoms with van der Waals surface area (Å²) in [5, 5.41) is 10.9. The number of nitrogens with zero attached hydrogens (tertiary/aromatic N) is 2. The highest BCUT2D eigenvalue weighted by atomic mass is 16.5. The molecule has 0 saturated carbocycles. The van der Waals surface area contributed by atoms with Gasteiger partial charge in [0, 0.05) is 18.1 Å². The van der Waals surface area contributed by atoms with Crippen LogP contribution in [-0.4, -0.2) is 36.3 Å². The lowest BCUT2D eigenvalue weighted by Crippen LogP contribution is -2.22. The SMILES string of the molecule is COc1nc(N(C)c2ccc(OC(C)C(=O)O)cc2)cc2ccccc12. The molecule has 6 nitrogen and oxygen atoms in total. The third-order valence-corrected chi connectivity index (χ3v) is 4.11. The van der Waals surface area contributed by atoms with Crippen LogP contribution < -0.4 is 14.4 Å². The summed E-state index contributed by atoms with van der Waals surface area (Å²) in [6.07, 6.45) is -0.898. The lowest BCUT2D eigenvalue weighted by molar-refractivity contribution is -0.144. The average molecular weight is 352 g/mol. The van der Waals surface area contributed by atoms with Crippen LogP contribution in [0.3, 0.4) is 0 Å². The molecule has 3 aromatic rings. The molecule has 26 heavy (non-hydrogen) atoms. The maximum atomic E-state index is 10.9. The minimum Gasteiger partial charge on any atom is -0.480 e. The summed E-state index contributed by atoms with van der Waals surface area (Å²) >= 11 is 0. The van der Waals surface area contributed by atoms with Gasteiger partial charge in [0.2, 0.25) is 5.88 Å². The molecule has 1 aromatic heterocycles. The van der Waals surface area contributed by atoms with Crippen molar-refractivity contribution >= 4 is 28.2 Å². The van der Waals surface area contributed by atoms with Gasteiger partial charge in [-0.15, -0.1) is 0 Å². The summed E-state index contributed by atoms with van der Waals surface area (Å²) in [6.45, 7) is 1.49. The quantitative estimate of drug-likeness (QED) is 0.726. The fourth-order valence-corrected chi connectivity index (χ4v) is 2.62. The highest BCUT2D eigenvalue weighted by molar-refractivity contribution is 5.89. The lowest BCUT2D eigenvalue weighted by Gasteiger charge is -2.20. The van der Waals surface area contributed by atoms with Crippen molar-refractivity contribution < 1.29 is 19.4 Å². The summed E-state index contributed by atoms with van der Waals surface area (Å²) in [5.41, 5.74) is 0.894. The maximum absolute atomic E-state index is 10.9. The summed E-state index contributed by atoms with van der Waals surface area (Å²) in [5.74, 6) is 0.813. The monoisotopic (exact) mass is 352 g/mol. The molecule has 0 bridgehead atoms. The van der Waals surface area contributed by atoms with Crippen LogP contribution in [0.4, 0.5) is 11.5 Å². The fourth-order valence-electron chi connectivity index (χ4n) is 2.62. The van der Waals surface area contributed by atoms with Gasteiger partial charge in [0.25, 0.3) is 0 Å². The predicted molar refractivity (Wildman–Crippen MR) is 101 cm³/mol. The highest BCUT2D eigenvalue weighted by Gasteiger charge is 2.14. The molecule has 0 fully saturated rings. The van der Waals surface area contributed by atoms with Crippen molar-refractivity contribution in [3.8, 4) is 11.6 Å². The first-order valence-electron chi connectivity index (χ1n) is 8.16. The number of methoxy groups -OCH3 is 1. The molecule has 1 atom stereocenters. The number of aromatic nitrogens is 1. The number of carboxylic acid groups (broad SMARTS) is 1. The van der Waals surface area contributed by atoms with Crippen LogP contribution in [0.5, 0.6) is 11.6 Å². The van der Waals surface area contributed by atoms with Crippen LogP contribution >= 0.6 is 0 Å². The van der Waals surface area contributed by atoms with Gasteiger partial charge in [0.1, 0.15) is 11.6 Å². The van der Waals surface area contributed by atoms with Gasteiger partial charge in [0.15, 0.2) is 6.10 Å². The Balaban J connectivity index is 1.88. The molecule has 1 heterocycles. The van der Waals surface area contributed by atoms with Gasteiger partial charge in [-0.25, -0.2) is 4.79 Å². The first kappa shape index (κ1) is 17.5. The van der Waals surface area contributed by atoms with E-state index in [1.165, 1.54) is 6.92 Å². The number of benzene rings is 2. The second-order valence-electron chi connectivity index (χ2n) is 5.86. The Morgan fingerprint density at radius 2 is 1.85 bits per heavy atom. The standard InChI is InChI=1S/C20H20N2O4/c1-13(20(23)24)26-16-10-8-15(9-11-16)22(2)18-12-14-6-4-5-7-17(14)19(21-18)25-3/h4-13H,1-3H3,(H,23,24). The molecule has 0 spiro atoms. The third kappa shape index (κ3) is 3.54. The van der Waals surface area contributed by atoms with E-state index in [0.717, 1.165) is 22.3 Å². The van der Waals surface area contributed by atoms with Gasteiger partial charge in [-0.2, -0.15) is 4.98 Å². The maximum Gasteiger partial charge on any atom is 0.344 e. The normalized spacial score (nSPS) is 11.8. The van der Waals surface area contributed by atoms with Gasteiger partial charge >= 0.3 is 5.97 Å². The van der Waals surface area contributed by atoms with E-state index in [2.05, 4.69) is 4.98 Å². The van der Waals surface area contributed by atoms with E-state index in [1.54, 1.807) is 19.2 Å². The minimum atomic E-state index is -1.00. The van der Waals surface area contributed by atoms with Gasteiger partial charge in [-0.1, -0.05) is 18.2 Å². The molecule has 0 radical (unpaired) electrons. The van der Waals surface area contributed by atoms with E-state index in [1.807, 2.05) is 54.4 Å². The van der Waals surface area contributed by atoms with E-state index in [0.29, 0.717) is 11.6 Å². The molecular weight excluding hydrogens is 332 g/mol. The summed E-state index contributed by atoms with van der Waals surface area (Å²) in [4.78, 5) is 17.4. The molecule has 1 N–H and O–H groups in total. The number of carbonyl (C=O) groups is 1. The summed E-state index contributed by atoms with van der Waals surface area (Å²) in [6, 6.07) is 17.1. The smallest absolute Gasteiger partial charge is 0.344 e. The largest absolute Gasteiger partial charge is 0.480 e. The Morgan fingerprint density at radius 3 is 2.50 bits per heavy atom. The molecule has 0 aliphatic heterocycles. The van der Waals surface area contributed by atoms with Gasteiger partial charge < -0.3 is 19.5 Å². The zero-order valence-corrected chi connectivity index (χ0v) is 14.8. The van der Waals surface area contributed by atoms with Crippen molar-refractivity contribution in [2.24, 2.45) is 0 Å². The first-order valence-corrected chi connectivity index (χ1v) is 8.16. The number of aliphatic carboxylic acids is 1. The zero-order valence-electron chi connectivity index (χ0n) is 14.8. The van der Waals surface area contributed by atoms with Crippen LogP contribution in [0.15, 0.2) is 54.6 Å². The highest BCUT2D eigenvalue weighted by Crippen LogP contribution is 2.31. The zero-order chi connectivity index (χ0) is 18.7. The molecule has 0 aliphatic carbocycles. The van der Waals surface area contributed by atoms with Crippen molar-refractivity contribution in [2.75, 3.05) is 19.1 Å². The average Bonchev–Trinajstić information content (AvgIpc) is 2.67. The van der Waals surface area contributed by atoms with E-state index >= 15 is 0 Å². The molecule has 1 unspecified atom stereocenters. The number of hydrogen-bond donors (Lipinski definition) is 1. The fraction of sp³-hybridized carbons (Fsp3) is 0.200. The van der Waals surface area contributed by atoms with Crippen molar-refractivity contribution in [1.29, 1.82) is 0 Å². The van der Waals surface area contributed by atoms with E-state index in [4.69, 9.17) is 14.6 Å². The summed E-state index contributed by atoms with van der Waals surface area (Å²) in [7, 11) is 3.51. The van der Waals surface area contributed by atoms with Crippen LogP contribution in [0, 0.1) is 0 Å². The van der Waals surface area contributed by atoms with E-state index < -0.39 is 12.1 Å². The van der Waals surface area contributed by atoms with Crippen LogP contribution in [0.2, 0.25) is 0 Å². The van der Waals surface area contributed by atoms with Crippen molar-refractivity contribution in [2.45, 2.75) is 13.0 Å². The molecule has 0 saturated heterocycles. The van der Waals surface area contributed by atoms with Gasteiger partial charge in [-0.05, 0) is 48.7 Å². The third-order valence-electron chi connectivity index (χ3n) is 4.11. The Morgan fingerprint density at radius 1 is 1.15 bits per heavy atom. The first-order chi connectivity index (χ1) is 12.5. The molecule has 3 rings (SSSR count). The second-order valence-corrected chi connectivity index (χ2v) is 5.86. The number of pyridine rings is 1. The molecule has 0 amide bonds. The number of carboxylic acids is 1. The topological polar surface area (TPSA) is 71.9 Å². The number of hydrogen-bond acceptors (Lipinski definition) is 5. The number of fused-ring (bicyclic) bond motifs is 1. The Bertz CT molecular complexity index is 925. The number of ether oxygens (including phenoxy) is 2. The van der Waals surface area contributed by atoms with Crippen LogP contribution in [-0.2, 0) is 4.79 Å². The van der Waals surface area contributed by atoms with Crippen molar-refractivity contribution in [3.63, 3.8) is 0 Å². The van der Waals surface area contributed by atoms with Crippen molar-refractivity contribution in [3.05, 3.63) is 54.6 Å². The molecular formula is C20H20N2O4. The number of anilines is 2. The Kier molecular flexibility index (Phi) is 4.93. The van der Waals surface area contributed by atoms with Crippen molar-refractivity contribution in [1.82, 2.24) is 4.98 Å². The van der Waals surface area contributed by atoms with Gasteiger partial charge in [0.05, 0.1) is 7.11 Å². The molecule has 6 heteroatoms. The van der Waals surface area contributed by atoms with E-state index in [-0.39, 0.29) is 0 Å². The Hall–Kier alpha value is -3.28. The van der Waals surface area contributed by atoms with Crippen LogP contribution in [0.1, 0.15) is 6.92 Å². The summed E-state index contributed by atoms with van der Waals surface area (Å²) < 4.78 is 10.8. The second kappa shape index (κ2) is 7.31. The molecule has 2 aromatic carbocycles. The Labute approximate surface area is 151 Å².